The van der Waals surface area contributed by atoms with Crippen LogP contribution in [0.25, 0.3) is 0 Å². The van der Waals surface area contributed by atoms with Gasteiger partial charge in [0.05, 0.1) is 14.2 Å². The second-order valence-corrected chi connectivity index (χ2v) is 6.02. The van der Waals surface area contributed by atoms with Gasteiger partial charge < -0.3 is 14.8 Å². The number of likely N-dealkylation sites (N-methyl/N-ethyl adjacent to an activating group) is 1. The van der Waals surface area contributed by atoms with Gasteiger partial charge in [-0.2, -0.15) is 0 Å². The van der Waals surface area contributed by atoms with Crippen LogP contribution in [0.3, 0.4) is 0 Å². The number of rotatable bonds is 5. The molecule has 0 radical (unpaired) electrons. The molecule has 1 fully saturated rings. The fraction of sp³-hybridized carbons (Fsp3) is 0.600. The van der Waals surface area contributed by atoms with E-state index in [-0.39, 0.29) is 12.4 Å². The molecule has 1 N–H and O–H groups in total. The lowest BCUT2D eigenvalue weighted by atomic mass is 10.0. The Kier molecular flexibility index (Phi) is 7.81. The van der Waals surface area contributed by atoms with Crippen LogP contribution in [-0.4, -0.2) is 45.3 Å². The lowest BCUT2D eigenvalue weighted by molar-refractivity contribution is 0.187. The summed E-state index contributed by atoms with van der Waals surface area (Å²) < 4.78 is 11.8. The van der Waals surface area contributed by atoms with Crippen LogP contribution < -0.4 is 14.8 Å². The van der Waals surface area contributed by atoms with E-state index in [2.05, 4.69) is 32.2 Å². The maximum Gasteiger partial charge on any atom is 0.161 e. The van der Waals surface area contributed by atoms with Crippen molar-refractivity contribution in [2.75, 3.05) is 34.4 Å². The summed E-state index contributed by atoms with van der Waals surface area (Å²) in [5.41, 5.74) is 1.24. The standard InChI is InChI=1S/C15H23BrN2O2.ClH/c1-17-12-5-4-6-18(10-12)9-11-7-14(19-2)15(20-3)8-13(11)16;/h7-8,12,17H,4-6,9-10H2,1-3H3;1H. The summed E-state index contributed by atoms with van der Waals surface area (Å²) in [5.74, 6) is 1.54. The fourth-order valence-corrected chi connectivity index (χ4v) is 3.14. The zero-order valence-corrected chi connectivity index (χ0v) is 15.2. The van der Waals surface area contributed by atoms with E-state index in [4.69, 9.17) is 9.47 Å². The molecule has 2 rings (SSSR count). The van der Waals surface area contributed by atoms with Crippen LogP contribution in [0.15, 0.2) is 16.6 Å². The molecule has 0 aliphatic carbocycles. The average molecular weight is 380 g/mol. The molecule has 21 heavy (non-hydrogen) atoms. The predicted molar refractivity (Wildman–Crippen MR) is 91.9 cm³/mol. The summed E-state index contributed by atoms with van der Waals surface area (Å²) in [4.78, 5) is 2.48. The molecule has 6 heteroatoms. The Morgan fingerprint density at radius 1 is 1.29 bits per heavy atom. The number of likely N-dealkylation sites (tertiary alicyclic amines) is 1. The average Bonchev–Trinajstić information content (AvgIpc) is 2.49. The maximum absolute atomic E-state index is 5.39. The Bertz CT molecular complexity index is 460. The van der Waals surface area contributed by atoms with Crippen molar-refractivity contribution < 1.29 is 9.47 Å². The van der Waals surface area contributed by atoms with Gasteiger partial charge in [0.2, 0.25) is 0 Å². The summed E-state index contributed by atoms with van der Waals surface area (Å²) in [5, 5.41) is 3.38. The Balaban J connectivity index is 0.00000220. The van der Waals surface area contributed by atoms with Gasteiger partial charge in [-0.1, -0.05) is 15.9 Å². The molecule has 1 aromatic rings. The Labute approximate surface area is 141 Å². The molecule has 1 unspecified atom stereocenters. The van der Waals surface area contributed by atoms with Crippen LogP contribution in [0.5, 0.6) is 11.5 Å². The molecule has 1 aliphatic rings. The highest BCUT2D eigenvalue weighted by Crippen LogP contribution is 2.34. The zero-order valence-electron chi connectivity index (χ0n) is 12.8. The van der Waals surface area contributed by atoms with Crippen molar-refractivity contribution in [1.82, 2.24) is 10.2 Å². The van der Waals surface area contributed by atoms with E-state index in [0.717, 1.165) is 35.6 Å². The second kappa shape index (κ2) is 8.83. The SMILES string of the molecule is CNC1CCCN(Cc2cc(OC)c(OC)cc2Br)C1.Cl. The molecule has 1 saturated heterocycles. The van der Waals surface area contributed by atoms with Crippen molar-refractivity contribution in [2.24, 2.45) is 0 Å². The molecule has 1 aliphatic heterocycles. The minimum absolute atomic E-state index is 0. The van der Waals surface area contributed by atoms with E-state index in [1.807, 2.05) is 13.1 Å². The Morgan fingerprint density at radius 2 is 1.95 bits per heavy atom. The first-order valence-electron chi connectivity index (χ1n) is 6.98. The molecule has 1 aromatic carbocycles. The first kappa shape index (κ1) is 18.6. The van der Waals surface area contributed by atoms with Crippen molar-refractivity contribution in [3.63, 3.8) is 0 Å². The molecule has 0 aromatic heterocycles. The number of nitrogens with zero attached hydrogens (tertiary/aromatic N) is 1. The zero-order chi connectivity index (χ0) is 14.5. The molecule has 120 valence electrons. The minimum atomic E-state index is 0. The third-order valence-corrected chi connectivity index (χ3v) is 4.60. The lowest BCUT2D eigenvalue weighted by Gasteiger charge is -2.32. The van der Waals surface area contributed by atoms with Gasteiger partial charge in [0.15, 0.2) is 11.5 Å². The molecule has 0 bridgehead atoms. The van der Waals surface area contributed by atoms with E-state index >= 15 is 0 Å². The molecule has 0 amide bonds. The van der Waals surface area contributed by atoms with Crippen molar-refractivity contribution >= 4 is 28.3 Å². The van der Waals surface area contributed by atoms with Crippen molar-refractivity contribution in [3.8, 4) is 11.5 Å². The van der Waals surface area contributed by atoms with Crippen molar-refractivity contribution in [3.05, 3.63) is 22.2 Å². The van der Waals surface area contributed by atoms with Gasteiger partial charge in [-0.05, 0) is 44.1 Å². The molecule has 1 atom stereocenters. The minimum Gasteiger partial charge on any atom is -0.493 e. The monoisotopic (exact) mass is 378 g/mol. The van der Waals surface area contributed by atoms with E-state index < -0.39 is 0 Å². The van der Waals surface area contributed by atoms with Gasteiger partial charge >= 0.3 is 0 Å². The summed E-state index contributed by atoms with van der Waals surface area (Å²) in [7, 11) is 5.38. The number of nitrogens with one attached hydrogen (secondary N) is 1. The van der Waals surface area contributed by atoms with Crippen LogP contribution in [0.1, 0.15) is 18.4 Å². The quantitative estimate of drug-likeness (QED) is 0.852. The van der Waals surface area contributed by atoms with Crippen LogP contribution >= 0.6 is 28.3 Å². The fourth-order valence-electron chi connectivity index (χ4n) is 2.69. The van der Waals surface area contributed by atoms with Gasteiger partial charge in [-0.15, -0.1) is 12.4 Å². The Morgan fingerprint density at radius 3 is 2.57 bits per heavy atom. The van der Waals surface area contributed by atoms with E-state index in [1.165, 1.54) is 18.4 Å². The molecule has 0 saturated carbocycles. The highest BCUT2D eigenvalue weighted by molar-refractivity contribution is 9.10. The van der Waals surface area contributed by atoms with Gasteiger partial charge in [0.25, 0.3) is 0 Å². The second-order valence-electron chi connectivity index (χ2n) is 5.16. The molecule has 0 spiro atoms. The molecular weight excluding hydrogens is 356 g/mol. The van der Waals surface area contributed by atoms with Crippen molar-refractivity contribution in [2.45, 2.75) is 25.4 Å². The van der Waals surface area contributed by atoms with E-state index in [0.29, 0.717) is 6.04 Å². The maximum atomic E-state index is 5.39. The van der Waals surface area contributed by atoms with Crippen LogP contribution in [0.4, 0.5) is 0 Å². The first-order chi connectivity index (χ1) is 9.67. The molecule has 4 nitrogen and oxygen atoms in total. The first-order valence-corrected chi connectivity index (χ1v) is 7.77. The largest absolute Gasteiger partial charge is 0.493 e. The number of piperidine rings is 1. The smallest absolute Gasteiger partial charge is 0.161 e. The number of methoxy groups -OCH3 is 2. The predicted octanol–water partition coefficient (Wildman–Crippen LogP) is 3.07. The third-order valence-electron chi connectivity index (χ3n) is 3.86. The summed E-state index contributed by atoms with van der Waals surface area (Å²) in [6.45, 7) is 3.18. The van der Waals surface area contributed by atoms with E-state index in [1.54, 1.807) is 14.2 Å². The highest BCUT2D eigenvalue weighted by Gasteiger charge is 2.20. The van der Waals surface area contributed by atoms with Gasteiger partial charge in [0.1, 0.15) is 0 Å². The van der Waals surface area contributed by atoms with Crippen LogP contribution in [0, 0.1) is 0 Å². The van der Waals surface area contributed by atoms with E-state index in [9.17, 15) is 0 Å². The van der Waals surface area contributed by atoms with Gasteiger partial charge in [0, 0.05) is 23.6 Å². The van der Waals surface area contributed by atoms with Crippen LogP contribution in [-0.2, 0) is 6.54 Å². The number of halogens is 2. The Hall–Kier alpha value is -0.490. The summed E-state index contributed by atoms with van der Waals surface area (Å²) in [6, 6.07) is 4.64. The van der Waals surface area contributed by atoms with Gasteiger partial charge in [-0.25, -0.2) is 0 Å². The summed E-state index contributed by atoms with van der Waals surface area (Å²) >= 11 is 3.63. The highest BCUT2D eigenvalue weighted by atomic mass is 79.9. The number of ether oxygens (including phenoxy) is 2. The van der Waals surface area contributed by atoms with Crippen molar-refractivity contribution in [1.29, 1.82) is 0 Å². The number of benzene rings is 1. The van der Waals surface area contributed by atoms with Crippen LogP contribution in [0.2, 0.25) is 0 Å². The number of hydrogen-bond donors (Lipinski definition) is 1. The third kappa shape index (κ3) is 4.74. The van der Waals surface area contributed by atoms with Gasteiger partial charge in [-0.3, -0.25) is 4.90 Å². The molecule has 1 heterocycles. The number of hydrogen-bond acceptors (Lipinski definition) is 4. The molecular formula is C15H24BrClN2O2. The summed E-state index contributed by atoms with van der Waals surface area (Å²) in [6.07, 6.45) is 2.51. The topological polar surface area (TPSA) is 33.7 Å². The normalized spacial score (nSPS) is 19.0. The lowest BCUT2D eigenvalue weighted by Crippen LogP contribution is -2.43.